The van der Waals surface area contributed by atoms with E-state index in [0.29, 0.717) is 24.0 Å². The Labute approximate surface area is 154 Å². The number of carbonyl (C=O) groups excluding carboxylic acids is 1. The highest BCUT2D eigenvalue weighted by molar-refractivity contribution is 5.86. The first-order chi connectivity index (χ1) is 12.1. The molecule has 1 aliphatic rings. The van der Waals surface area contributed by atoms with Gasteiger partial charge in [-0.15, -0.1) is 5.10 Å². The Hall–Kier alpha value is -2.12. The van der Waals surface area contributed by atoms with Gasteiger partial charge in [0.15, 0.2) is 5.69 Å². The van der Waals surface area contributed by atoms with E-state index in [1.165, 1.54) is 6.42 Å². The van der Waals surface area contributed by atoms with E-state index in [-0.39, 0.29) is 18.3 Å². The number of hydrogen-bond donors (Lipinski definition) is 2. The molecule has 1 fully saturated rings. The van der Waals surface area contributed by atoms with Gasteiger partial charge in [0.05, 0.1) is 11.7 Å². The summed E-state index contributed by atoms with van der Waals surface area (Å²) in [5.41, 5.74) is -0.0599. The zero-order valence-electron chi connectivity index (χ0n) is 16.3. The van der Waals surface area contributed by atoms with E-state index in [1.807, 2.05) is 0 Å². The average Bonchev–Trinajstić information content (AvgIpc) is 2.88. The van der Waals surface area contributed by atoms with E-state index in [1.54, 1.807) is 25.5 Å². The second-order valence-corrected chi connectivity index (χ2v) is 8.38. The number of hydrogen-bond acceptors (Lipinski definition) is 5. The molecule has 2 rings (SSSR count). The molecule has 1 aromatic rings. The van der Waals surface area contributed by atoms with Gasteiger partial charge in [-0.25, -0.2) is 14.3 Å². The summed E-state index contributed by atoms with van der Waals surface area (Å²) in [5.74, 6) is 0.0309. The van der Waals surface area contributed by atoms with Crippen LogP contribution in [0.5, 0.6) is 0 Å². The van der Waals surface area contributed by atoms with Crippen LogP contribution in [0.4, 0.5) is 4.79 Å². The maximum atomic E-state index is 11.8. The van der Waals surface area contributed by atoms with Crippen molar-refractivity contribution in [2.75, 3.05) is 6.54 Å². The van der Waals surface area contributed by atoms with Gasteiger partial charge in [-0.05, 0) is 51.9 Å². The Bertz CT molecular complexity index is 640. The van der Waals surface area contributed by atoms with Crippen molar-refractivity contribution in [1.29, 1.82) is 0 Å². The summed E-state index contributed by atoms with van der Waals surface area (Å²) in [4.78, 5) is 23.3. The Morgan fingerprint density at radius 1 is 1.23 bits per heavy atom. The number of carboxylic acid groups (broad SMARTS) is 1. The monoisotopic (exact) mass is 366 g/mol. The zero-order valence-corrected chi connectivity index (χ0v) is 16.3. The number of amides is 1. The van der Waals surface area contributed by atoms with Crippen LogP contribution in [-0.2, 0) is 11.2 Å². The third kappa shape index (κ3) is 5.44. The summed E-state index contributed by atoms with van der Waals surface area (Å²) in [6, 6.07) is 0.144. The van der Waals surface area contributed by atoms with Gasteiger partial charge in [0.25, 0.3) is 0 Å². The topological polar surface area (TPSA) is 106 Å². The normalized spacial score (nSPS) is 23.5. The van der Waals surface area contributed by atoms with Gasteiger partial charge >= 0.3 is 12.1 Å². The minimum atomic E-state index is -1.10. The average molecular weight is 366 g/mol. The number of aromatic nitrogens is 3. The van der Waals surface area contributed by atoms with E-state index >= 15 is 0 Å². The van der Waals surface area contributed by atoms with Crippen molar-refractivity contribution in [3.05, 3.63) is 11.4 Å². The molecule has 1 aliphatic carbocycles. The Morgan fingerprint density at radius 2 is 1.85 bits per heavy atom. The van der Waals surface area contributed by atoms with Crippen LogP contribution in [0.3, 0.4) is 0 Å². The summed E-state index contributed by atoms with van der Waals surface area (Å²) in [5, 5.41) is 20.1. The highest BCUT2D eigenvalue weighted by Gasteiger charge is 2.30. The third-order valence-electron chi connectivity index (χ3n) is 4.52. The number of nitrogens with zero attached hydrogens (tertiary/aromatic N) is 3. The molecular formula is C18H30N4O4. The summed E-state index contributed by atoms with van der Waals surface area (Å²) >= 11 is 0. The van der Waals surface area contributed by atoms with Crippen LogP contribution in [-0.4, -0.2) is 44.3 Å². The van der Waals surface area contributed by atoms with Gasteiger partial charge in [0.2, 0.25) is 0 Å². The van der Waals surface area contributed by atoms with Crippen molar-refractivity contribution < 1.29 is 19.4 Å². The van der Waals surface area contributed by atoms with Crippen molar-refractivity contribution in [2.24, 2.45) is 11.8 Å². The van der Waals surface area contributed by atoms with Crippen LogP contribution in [0.2, 0.25) is 0 Å². The molecule has 1 amide bonds. The first-order valence-corrected chi connectivity index (χ1v) is 9.21. The number of carbonyl (C=O) groups is 2. The highest BCUT2D eigenvalue weighted by Crippen LogP contribution is 2.36. The lowest BCUT2D eigenvalue weighted by Crippen LogP contribution is -2.34. The molecule has 2 unspecified atom stereocenters. The minimum absolute atomic E-state index is 0.0399. The molecule has 0 aromatic carbocycles. The number of ether oxygens (including phenoxy) is 1. The van der Waals surface area contributed by atoms with Gasteiger partial charge < -0.3 is 15.2 Å². The quantitative estimate of drug-likeness (QED) is 0.829. The van der Waals surface area contributed by atoms with Crippen molar-refractivity contribution in [3.8, 4) is 0 Å². The predicted octanol–water partition coefficient (Wildman–Crippen LogP) is 3.04. The Kier molecular flexibility index (Phi) is 6.26. The Balaban J connectivity index is 2.09. The number of carboxylic acids is 1. The second kappa shape index (κ2) is 8.05. The maximum absolute atomic E-state index is 11.8. The predicted molar refractivity (Wildman–Crippen MR) is 96.1 cm³/mol. The molecule has 1 saturated carbocycles. The summed E-state index contributed by atoms with van der Waals surface area (Å²) in [6.07, 6.45) is 2.91. The SMILES string of the molecule is CC1CC(C)CC(n2nnc(C(=O)O)c2CCNC(=O)OC(C)(C)C)C1. The van der Waals surface area contributed by atoms with Crippen LogP contribution in [0, 0.1) is 11.8 Å². The van der Waals surface area contributed by atoms with Crippen LogP contribution >= 0.6 is 0 Å². The molecule has 0 bridgehead atoms. The van der Waals surface area contributed by atoms with Crippen LogP contribution in [0.15, 0.2) is 0 Å². The standard InChI is InChI=1S/C18H30N4O4/c1-11-8-12(2)10-13(9-11)22-14(15(16(23)24)20-21-22)6-7-19-17(25)26-18(3,4)5/h11-13H,6-10H2,1-5H3,(H,19,25)(H,23,24). The fourth-order valence-electron chi connectivity index (χ4n) is 3.71. The van der Waals surface area contributed by atoms with E-state index in [4.69, 9.17) is 4.74 Å². The van der Waals surface area contributed by atoms with Gasteiger partial charge in [0, 0.05) is 13.0 Å². The van der Waals surface area contributed by atoms with E-state index < -0.39 is 17.7 Å². The zero-order chi connectivity index (χ0) is 19.5. The fraction of sp³-hybridized carbons (Fsp3) is 0.778. The van der Waals surface area contributed by atoms with Crippen LogP contribution < -0.4 is 5.32 Å². The van der Waals surface area contributed by atoms with Gasteiger partial charge in [-0.3, -0.25) is 0 Å². The summed E-state index contributed by atoms with van der Waals surface area (Å²) in [6.45, 7) is 10.1. The second-order valence-electron chi connectivity index (χ2n) is 8.38. The number of nitrogens with one attached hydrogen (secondary N) is 1. The molecule has 8 heteroatoms. The molecule has 0 spiro atoms. The van der Waals surface area contributed by atoms with Crippen molar-refractivity contribution in [2.45, 2.75) is 71.9 Å². The van der Waals surface area contributed by atoms with E-state index in [2.05, 4.69) is 29.5 Å². The molecule has 8 nitrogen and oxygen atoms in total. The van der Waals surface area contributed by atoms with Crippen LogP contribution in [0.25, 0.3) is 0 Å². The van der Waals surface area contributed by atoms with E-state index in [9.17, 15) is 14.7 Å². The molecule has 26 heavy (non-hydrogen) atoms. The highest BCUT2D eigenvalue weighted by atomic mass is 16.6. The van der Waals surface area contributed by atoms with Crippen molar-refractivity contribution in [3.63, 3.8) is 0 Å². The first kappa shape index (κ1) is 20.2. The molecule has 1 aromatic heterocycles. The lowest BCUT2D eigenvalue weighted by molar-refractivity contribution is 0.0528. The van der Waals surface area contributed by atoms with E-state index in [0.717, 1.165) is 12.8 Å². The molecule has 0 aliphatic heterocycles. The molecule has 0 radical (unpaired) electrons. The van der Waals surface area contributed by atoms with Crippen molar-refractivity contribution >= 4 is 12.1 Å². The smallest absolute Gasteiger partial charge is 0.407 e. The number of alkyl carbamates (subject to hydrolysis) is 1. The summed E-state index contributed by atoms with van der Waals surface area (Å²) in [7, 11) is 0. The summed E-state index contributed by atoms with van der Waals surface area (Å²) < 4.78 is 6.96. The molecule has 146 valence electrons. The number of rotatable bonds is 5. The number of aromatic carboxylic acids is 1. The van der Waals surface area contributed by atoms with Crippen LogP contribution in [0.1, 0.15) is 76.1 Å². The molecule has 2 N–H and O–H groups in total. The minimum Gasteiger partial charge on any atom is -0.476 e. The van der Waals surface area contributed by atoms with Gasteiger partial charge in [0.1, 0.15) is 5.60 Å². The fourth-order valence-corrected chi connectivity index (χ4v) is 3.71. The molecule has 2 atom stereocenters. The largest absolute Gasteiger partial charge is 0.476 e. The maximum Gasteiger partial charge on any atom is 0.407 e. The lowest BCUT2D eigenvalue weighted by atomic mass is 9.80. The lowest BCUT2D eigenvalue weighted by Gasteiger charge is -2.32. The molecule has 0 saturated heterocycles. The molecule has 1 heterocycles. The Morgan fingerprint density at radius 3 is 2.38 bits per heavy atom. The first-order valence-electron chi connectivity index (χ1n) is 9.21. The van der Waals surface area contributed by atoms with Gasteiger partial charge in [-0.1, -0.05) is 19.1 Å². The molecular weight excluding hydrogens is 336 g/mol. The third-order valence-corrected chi connectivity index (χ3v) is 4.52. The van der Waals surface area contributed by atoms with Crippen molar-refractivity contribution in [1.82, 2.24) is 20.3 Å². The van der Waals surface area contributed by atoms with Gasteiger partial charge in [-0.2, -0.15) is 0 Å².